The highest BCUT2D eigenvalue weighted by Gasteiger charge is 2.30. The van der Waals surface area contributed by atoms with Gasteiger partial charge in [0.05, 0.1) is 22.8 Å². The van der Waals surface area contributed by atoms with Crippen LogP contribution in [0, 0.1) is 0 Å². The fourth-order valence-electron chi connectivity index (χ4n) is 2.85. The van der Waals surface area contributed by atoms with Gasteiger partial charge in [-0.3, -0.25) is 9.69 Å². The van der Waals surface area contributed by atoms with Crippen LogP contribution in [0.4, 0.5) is 5.69 Å². The molecule has 0 unspecified atom stereocenters. The number of esters is 1. The number of carbonyl (C=O) groups is 2. The molecule has 0 N–H and O–H groups in total. The number of hydrogen-bond acceptors (Lipinski definition) is 7. The standard InChI is InChI=1S/C24H20N2O4S2/c1-3-29-23(28)16-9-11-17(12-10-16)25-24-26(2)22(27)20(32-24)15-18-13-14-21(30-18)31-19-7-5-4-6-8-19/h4-15H,3H2,1-2H3/b20-15-,25-24?. The van der Waals surface area contributed by atoms with Crippen LogP contribution in [0.1, 0.15) is 23.0 Å². The van der Waals surface area contributed by atoms with E-state index < -0.39 is 0 Å². The topological polar surface area (TPSA) is 72.1 Å². The highest BCUT2D eigenvalue weighted by molar-refractivity contribution is 8.18. The number of hydrogen-bond donors (Lipinski definition) is 0. The Morgan fingerprint density at radius 1 is 1.12 bits per heavy atom. The monoisotopic (exact) mass is 464 g/mol. The molecule has 8 heteroatoms. The van der Waals surface area contributed by atoms with Gasteiger partial charge in [-0.25, -0.2) is 9.79 Å². The highest BCUT2D eigenvalue weighted by atomic mass is 32.2. The summed E-state index contributed by atoms with van der Waals surface area (Å²) in [7, 11) is 1.68. The van der Waals surface area contributed by atoms with E-state index in [0.717, 1.165) is 9.99 Å². The van der Waals surface area contributed by atoms with E-state index in [-0.39, 0.29) is 11.9 Å². The molecule has 162 valence electrons. The predicted molar refractivity (Wildman–Crippen MR) is 127 cm³/mol. The molecule has 1 fully saturated rings. The van der Waals surface area contributed by atoms with Crippen molar-refractivity contribution in [2.45, 2.75) is 16.9 Å². The second-order valence-corrected chi connectivity index (χ2v) is 8.80. The number of amidine groups is 1. The molecule has 0 saturated carbocycles. The third-order valence-corrected chi connectivity index (χ3v) is 6.43. The Balaban J connectivity index is 1.48. The van der Waals surface area contributed by atoms with Gasteiger partial charge < -0.3 is 9.15 Å². The van der Waals surface area contributed by atoms with E-state index in [1.54, 1.807) is 44.3 Å². The van der Waals surface area contributed by atoms with E-state index in [1.165, 1.54) is 28.4 Å². The van der Waals surface area contributed by atoms with Crippen LogP contribution in [-0.4, -0.2) is 35.6 Å². The summed E-state index contributed by atoms with van der Waals surface area (Å²) in [5.74, 6) is 0.0842. The fraction of sp³-hybridized carbons (Fsp3) is 0.125. The number of amides is 1. The lowest BCUT2D eigenvalue weighted by atomic mass is 10.2. The summed E-state index contributed by atoms with van der Waals surface area (Å²) in [6.07, 6.45) is 1.73. The van der Waals surface area contributed by atoms with Crippen LogP contribution >= 0.6 is 23.5 Å². The Labute approximate surface area is 194 Å². The maximum absolute atomic E-state index is 12.7. The predicted octanol–water partition coefficient (Wildman–Crippen LogP) is 5.84. The first-order valence-electron chi connectivity index (χ1n) is 9.89. The summed E-state index contributed by atoms with van der Waals surface area (Å²) < 4.78 is 10.8. The molecule has 0 spiro atoms. The molecular formula is C24H20N2O4S2. The molecule has 2 aromatic carbocycles. The molecule has 3 aromatic rings. The van der Waals surface area contributed by atoms with Gasteiger partial charge in [0.1, 0.15) is 5.76 Å². The summed E-state index contributed by atoms with van der Waals surface area (Å²) in [5, 5.41) is 1.30. The SMILES string of the molecule is CCOC(=O)c1ccc(N=C2S/C(=C\c3ccc(Sc4ccccc4)o3)C(=O)N2C)cc1. The minimum atomic E-state index is -0.372. The Bertz CT molecular complexity index is 1180. The molecular weight excluding hydrogens is 444 g/mol. The molecule has 1 amide bonds. The average Bonchev–Trinajstić information content (AvgIpc) is 3.35. The number of likely N-dealkylation sites (N-methyl/N-ethyl adjacent to an activating group) is 1. The molecule has 6 nitrogen and oxygen atoms in total. The lowest BCUT2D eigenvalue weighted by molar-refractivity contribution is -0.121. The van der Waals surface area contributed by atoms with Crippen LogP contribution in [0.2, 0.25) is 0 Å². The summed E-state index contributed by atoms with van der Waals surface area (Å²) in [4.78, 5) is 32.1. The molecule has 1 saturated heterocycles. The van der Waals surface area contributed by atoms with Gasteiger partial charge in [0.25, 0.3) is 5.91 Å². The lowest BCUT2D eigenvalue weighted by Crippen LogP contribution is -2.23. The van der Waals surface area contributed by atoms with Crippen molar-refractivity contribution in [3.8, 4) is 0 Å². The first-order chi connectivity index (χ1) is 15.5. The molecule has 0 radical (unpaired) electrons. The summed E-state index contributed by atoms with van der Waals surface area (Å²) in [6, 6.07) is 20.4. The number of furan rings is 1. The van der Waals surface area contributed by atoms with Gasteiger partial charge in [0.2, 0.25) is 0 Å². The van der Waals surface area contributed by atoms with Gasteiger partial charge in [-0.1, -0.05) is 30.0 Å². The summed E-state index contributed by atoms with van der Waals surface area (Å²) >= 11 is 2.80. The van der Waals surface area contributed by atoms with Crippen LogP contribution in [0.25, 0.3) is 6.08 Å². The quantitative estimate of drug-likeness (QED) is 0.337. The molecule has 2 heterocycles. The van der Waals surface area contributed by atoms with Gasteiger partial charge in [0.15, 0.2) is 10.3 Å². The van der Waals surface area contributed by atoms with Gasteiger partial charge in [-0.15, -0.1) is 0 Å². The van der Waals surface area contributed by atoms with E-state index in [9.17, 15) is 9.59 Å². The zero-order valence-electron chi connectivity index (χ0n) is 17.5. The minimum absolute atomic E-state index is 0.148. The van der Waals surface area contributed by atoms with E-state index in [1.807, 2.05) is 42.5 Å². The minimum Gasteiger partial charge on any atom is -0.462 e. The maximum Gasteiger partial charge on any atom is 0.338 e. The number of rotatable bonds is 6. The van der Waals surface area contributed by atoms with Crippen molar-refractivity contribution in [3.05, 3.63) is 83.0 Å². The zero-order chi connectivity index (χ0) is 22.5. The second kappa shape index (κ2) is 9.93. The Morgan fingerprint density at radius 2 is 1.88 bits per heavy atom. The second-order valence-electron chi connectivity index (χ2n) is 6.71. The number of aliphatic imine (C=N–C) groups is 1. The normalized spacial score (nSPS) is 16.2. The first-order valence-corrected chi connectivity index (χ1v) is 11.5. The third-order valence-electron chi connectivity index (χ3n) is 4.44. The van der Waals surface area contributed by atoms with Crippen LogP contribution in [-0.2, 0) is 9.53 Å². The lowest BCUT2D eigenvalue weighted by Gasteiger charge is -2.07. The van der Waals surface area contributed by atoms with E-state index in [0.29, 0.717) is 33.7 Å². The first kappa shape index (κ1) is 22.0. The van der Waals surface area contributed by atoms with Crippen molar-refractivity contribution in [3.63, 3.8) is 0 Å². The Hall–Kier alpha value is -3.23. The van der Waals surface area contributed by atoms with Crippen molar-refractivity contribution in [2.24, 2.45) is 4.99 Å². The van der Waals surface area contributed by atoms with Crippen LogP contribution in [0.15, 0.2) is 91.0 Å². The zero-order valence-corrected chi connectivity index (χ0v) is 19.1. The Kier molecular flexibility index (Phi) is 6.82. The summed E-state index contributed by atoms with van der Waals surface area (Å²) in [6.45, 7) is 2.09. The van der Waals surface area contributed by atoms with Crippen LogP contribution in [0.5, 0.6) is 0 Å². The van der Waals surface area contributed by atoms with Gasteiger partial charge in [0, 0.05) is 18.0 Å². The number of benzene rings is 2. The molecule has 1 aromatic heterocycles. The van der Waals surface area contributed by atoms with Crippen LogP contribution in [0.3, 0.4) is 0 Å². The largest absolute Gasteiger partial charge is 0.462 e. The van der Waals surface area contributed by atoms with E-state index >= 15 is 0 Å². The van der Waals surface area contributed by atoms with Gasteiger partial charge in [-0.05, 0) is 67.2 Å². The van der Waals surface area contributed by atoms with E-state index in [2.05, 4.69) is 4.99 Å². The van der Waals surface area contributed by atoms with Crippen LogP contribution < -0.4 is 0 Å². The highest BCUT2D eigenvalue weighted by Crippen LogP contribution is 2.35. The van der Waals surface area contributed by atoms with Crippen molar-refractivity contribution in [2.75, 3.05) is 13.7 Å². The number of thioether (sulfide) groups is 1. The van der Waals surface area contributed by atoms with Crippen molar-refractivity contribution in [1.29, 1.82) is 0 Å². The fourth-order valence-corrected chi connectivity index (χ4v) is 4.62. The van der Waals surface area contributed by atoms with Crippen molar-refractivity contribution < 1.29 is 18.7 Å². The molecule has 1 aliphatic heterocycles. The number of nitrogens with zero attached hydrogens (tertiary/aromatic N) is 2. The van der Waals surface area contributed by atoms with Crippen molar-refractivity contribution in [1.82, 2.24) is 4.90 Å². The van der Waals surface area contributed by atoms with Crippen molar-refractivity contribution >= 4 is 52.3 Å². The molecule has 4 rings (SSSR count). The smallest absolute Gasteiger partial charge is 0.338 e. The molecule has 0 aliphatic carbocycles. The molecule has 32 heavy (non-hydrogen) atoms. The third kappa shape index (κ3) is 5.15. The molecule has 0 atom stereocenters. The average molecular weight is 465 g/mol. The Morgan fingerprint density at radius 3 is 2.59 bits per heavy atom. The number of ether oxygens (including phenoxy) is 1. The summed E-state index contributed by atoms with van der Waals surface area (Å²) in [5.41, 5.74) is 1.10. The van der Waals surface area contributed by atoms with Gasteiger partial charge in [-0.2, -0.15) is 0 Å². The maximum atomic E-state index is 12.7. The van der Waals surface area contributed by atoms with Gasteiger partial charge >= 0.3 is 5.97 Å². The van der Waals surface area contributed by atoms with E-state index in [4.69, 9.17) is 9.15 Å². The molecule has 1 aliphatic rings. The molecule has 0 bridgehead atoms. The number of carbonyl (C=O) groups excluding carboxylic acids is 2.